The zero-order valence-electron chi connectivity index (χ0n) is 15.9. The van der Waals surface area contributed by atoms with Crippen molar-refractivity contribution in [1.82, 2.24) is 4.57 Å². The summed E-state index contributed by atoms with van der Waals surface area (Å²) in [6.45, 7) is 2.49. The van der Waals surface area contributed by atoms with Crippen LogP contribution in [-0.2, 0) is 16.1 Å². The zero-order chi connectivity index (χ0) is 20.1. The molecule has 0 spiro atoms. The van der Waals surface area contributed by atoms with Crippen molar-refractivity contribution in [3.8, 4) is 5.75 Å². The molecule has 0 saturated carbocycles. The van der Waals surface area contributed by atoms with E-state index in [1.54, 1.807) is 31.4 Å². The van der Waals surface area contributed by atoms with Crippen molar-refractivity contribution in [2.24, 2.45) is 4.99 Å². The molecule has 3 aromatic rings. The molecule has 8 heteroatoms. The van der Waals surface area contributed by atoms with Gasteiger partial charge in [-0.15, -0.1) is 0 Å². The molecule has 0 unspecified atom stereocenters. The van der Waals surface area contributed by atoms with Crippen LogP contribution in [0.2, 0.25) is 0 Å². The lowest BCUT2D eigenvalue weighted by Crippen LogP contribution is -2.19. The van der Waals surface area contributed by atoms with E-state index in [0.717, 1.165) is 10.2 Å². The molecule has 28 heavy (non-hydrogen) atoms. The summed E-state index contributed by atoms with van der Waals surface area (Å²) >= 11 is 1.38. The third kappa shape index (κ3) is 4.29. The van der Waals surface area contributed by atoms with E-state index in [1.165, 1.54) is 25.4 Å². The van der Waals surface area contributed by atoms with E-state index in [1.807, 2.05) is 22.8 Å². The first kappa shape index (κ1) is 19.8. The fraction of sp³-hybridized carbons (Fsp3) is 0.250. The number of thiazole rings is 1. The van der Waals surface area contributed by atoms with E-state index in [2.05, 4.69) is 10.3 Å². The SMILES string of the molecule is COCCn1c(=NC(=O)c2ccccc2OC)sc2cc(NC(C)=O)ccc21. The fourth-order valence-electron chi connectivity index (χ4n) is 2.81. The number of benzene rings is 2. The third-order valence-corrected chi connectivity index (χ3v) is 5.10. The van der Waals surface area contributed by atoms with Gasteiger partial charge >= 0.3 is 0 Å². The lowest BCUT2D eigenvalue weighted by atomic mass is 10.2. The Kier molecular flexibility index (Phi) is 6.23. The van der Waals surface area contributed by atoms with Crippen LogP contribution < -0.4 is 14.9 Å². The number of ether oxygens (including phenoxy) is 2. The molecule has 0 aliphatic carbocycles. The number of amides is 2. The summed E-state index contributed by atoms with van der Waals surface area (Å²) in [4.78, 5) is 29.0. The van der Waals surface area contributed by atoms with E-state index >= 15 is 0 Å². The molecule has 0 saturated heterocycles. The van der Waals surface area contributed by atoms with Crippen LogP contribution in [0.5, 0.6) is 5.75 Å². The smallest absolute Gasteiger partial charge is 0.283 e. The molecular weight excluding hydrogens is 378 g/mol. The van der Waals surface area contributed by atoms with Crippen LogP contribution in [0.3, 0.4) is 0 Å². The maximum atomic E-state index is 12.8. The Morgan fingerprint density at radius 1 is 1.18 bits per heavy atom. The molecule has 0 aliphatic rings. The number of rotatable bonds is 6. The molecule has 1 N–H and O–H groups in total. The number of nitrogens with one attached hydrogen (secondary N) is 1. The van der Waals surface area contributed by atoms with Gasteiger partial charge < -0.3 is 19.4 Å². The minimum Gasteiger partial charge on any atom is -0.496 e. The third-order valence-electron chi connectivity index (χ3n) is 4.06. The minimum absolute atomic E-state index is 0.139. The molecule has 0 radical (unpaired) electrons. The number of carbonyl (C=O) groups excluding carboxylic acids is 2. The van der Waals surface area contributed by atoms with E-state index in [0.29, 0.717) is 35.0 Å². The monoisotopic (exact) mass is 399 g/mol. The number of methoxy groups -OCH3 is 2. The largest absolute Gasteiger partial charge is 0.496 e. The van der Waals surface area contributed by atoms with Gasteiger partial charge in [0.2, 0.25) is 5.91 Å². The fourth-order valence-corrected chi connectivity index (χ4v) is 3.90. The second-order valence-electron chi connectivity index (χ2n) is 6.01. The molecule has 146 valence electrons. The summed E-state index contributed by atoms with van der Waals surface area (Å²) in [6.07, 6.45) is 0. The van der Waals surface area contributed by atoms with Gasteiger partial charge in [0.05, 0.1) is 29.5 Å². The maximum absolute atomic E-state index is 12.8. The Hall–Kier alpha value is -2.97. The first-order valence-electron chi connectivity index (χ1n) is 8.65. The van der Waals surface area contributed by atoms with Gasteiger partial charge in [0, 0.05) is 26.3 Å². The normalized spacial score (nSPS) is 11.6. The Morgan fingerprint density at radius 3 is 2.68 bits per heavy atom. The van der Waals surface area contributed by atoms with Gasteiger partial charge in [-0.05, 0) is 30.3 Å². The molecule has 0 fully saturated rings. The molecule has 2 aromatic carbocycles. The lowest BCUT2D eigenvalue weighted by Gasteiger charge is -2.06. The first-order valence-corrected chi connectivity index (χ1v) is 9.47. The first-order chi connectivity index (χ1) is 13.5. The highest BCUT2D eigenvalue weighted by Gasteiger charge is 2.13. The van der Waals surface area contributed by atoms with E-state index in [-0.39, 0.29) is 11.8 Å². The van der Waals surface area contributed by atoms with Crippen LogP contribution in [0, 0.1) is 0 Å². The number of aromatic nitrogens is 1. The Bertz CT molecular complexity index is 1080. The summed E-state index contributed by atoms with van der Waals surface area (Å²) in [5.74, 6) is -0.0366. The number of anilines is 1. The Labute approximate surface area is 166 Å². The highest BCUT2D eigenvalue weighted by molar-refractivity contribution is 7.16. The predicted octanol–water partition coefficient (Wildman–Crippen LogP) is 3.06. The Balaban J connectivity index is 2.10. The molecule has 0 bridgehead atoms. The van der Waals surface area contributed by atoms with Crippen molar-refractivity contribution in [2.75, 3.05) is 26.1 Å². The topological polar surface area (TPSA) is 81.9 Å². The number of carbonyl (C=O) groups is 2. The van der Waals surface area contributed by atoms with Gasteiger partial charge in [-0.25, -0.2) is 0 Å². The van der Waals surface area contributed by atoms with Crippen LogP contribution >= 0.6 is 11.3 Å². The maximum Gasteiger partial charge on any atom is 0.283 e. The average molecular weight is 399 g/mol. The number of nitrogens with zero attached hydrogens (tertiary/aromatic N) is 2. The van der Waals surface area contributed by atoms with Crippen molar-refractivity contribution in [3.63, 3.8) is 0 Å². The van der Waals surface area contributed by atoms with Crippen molar-refractivity contribution >= 4 is 39.1 Å². The zero-order valence-corrected chi connectivity index (χ0v) is 16.7. The minimum atomic E-state index is -0.378. The number of hydrogen-bond donors (Lipinski definition) is 1. The standard InChI is InChI=1S/C20H21N3O4S/c1-13(24)21-14-8-9-16-18(12-14)28-20(23(16)10-11-26-2)22-19(25)15-6-4-5-7-17(15)27-3/h4-9,12H,10-11H2,1-3H3,(H,21,24). The molecule has 2 amide bonds. The van der Waals surface area contributed by atoms with Crippen LogP contribution in [0.1, 0.15) is 17.3 Å². The molecule has 3 rings (SSSR count). The molecule has 0 atom stereocenters. The molecule has 0 aliphatic heterocycles. The summed E-state index contributed by atoms with van der Waals surface area (Å²) in [6, 6.07) is 12.6. The summed E-state index contributed by atoms with van der Waals surface area (Å²) in [5.41, 5.74) is 2.02. The molecule has 1 aromatic heterocycles. The summed E-state index contributed by atoms with van der Waals surface area (Å²) < 4.78 is 13.3. The van der Waals surface area contributed by atoms with Crippen LogP contribution in [-0.4, -0.2) is 37.2 Å². The van der Waals surface area contributed by atoms with Crippen LogP contribution in [0.15, 0.2) is 47.5 Å². The number of fused-ring (bicyclic) bond motifs is 1. The van der Waals surface area contributed by atoms with Gasteiger partial charge in [0.25, 0.3) is 5.91 Å². The lowest BCUT2D eigenvalue weighted by molar-refractivity contribution is -0.114. The van der Waals surface area contributed by atoms with Gasteiger partial charge in [-0.3, -0.25) is 9.59 Å². The second kappa shape index (κ2) is 8.81. The predicted molar refractivity (Wildman–Crippen MR) is 109 cm³/mol. The average Bonchev–Trinajstić information content (AvgIpc) is 3.01. The van der Waals surface area contributed by atoms with Crippen LogP contribution in [0.4, 0.5) is 5.69 Å². The van der Waals surface area contributed by atoms with E-state index in [9.17, 15) is 9.59 Å². The van der Waals surface area contributed by atoms with Gasteiger partial charge in [0.1, 0.15) is 5.75 Å². The Morgan fingerprint density at radius 2 is 1.96 bits per heavy atom. The van der Waals surface area contributed by atoms with E-state index < -0.39 is 0 Å². The molecule has 1 heterocycles. The van der Waals surface area contributed by atoms with Crippen molar-refractivity contribution in [2.45, 2.75) is 13.5 Å². The quantitative estimate of drug-likeness (QED) is 0.691. The highest BCUT2D eigenvalue weighted by Crippen LogP contribution is 2.23. The highest BCUT2D eigenvalue weighted by atomic mass is 32.1. The summed E-state index contributed by atoms with van der Waals surface area (Å²) in [7, 11) is 3.15. The van der Waals surface area contributed by atoms with Gasteiger partial charge in [-0.2, -0.15) is 4.99 Å². The number of hydrogen-bond acceptors (Lipinski definition) is 5. The van der Waals surface area contributed by atoms with Crippen molar-refractivity contribution < 1.29 is 19.1 Å². The molecular formula is C20H21N3O4S. The second-order valence-corrected chi connectivity index (χ2v) is 7.02. The van der Waals surface area contributed by atoms with Crippen molar-refractivity contribution in [3.05, 3.63) is 52.8 Å². The van der Waals surface area contributed by atoms with Crippen LogP contribution in [0.25, 0.3) is 10.2 Å². The van der Waals surface area contributed by atoms with Gasteiger partial charge in [0.15, 0.2) is 4.80 Å². The number of para-hydroxylation sites is 1. The summed E-state index contributed by atoms with van der Waals surface area (Å²) in [5, 5.41) is 2.77. The molecule has 7 nitrogen and oxygen atoms in total. The van der Waals surface area contributed by atoms with E-state index in [4.69, 9.17) is 9.47 Å². The van der Waals surface area contributed by atoms with Gasteiger partial charge in [-0.1, -0.05) is 23.5 Å². The van der Waals surface area contributed by atoms with Crippen molar-refractivity contribution in [1.29, 1.82) is 0 Å².